The van der Waals surface area contributed by atoms with Crippen LogP contribution in [0.4, 0.5) is 0 Å². The minimum atomic E-state index is -0.779. The summed E-state index contributed by atoms with van der Waals surface area (Å²) in [6.45, 7) is 8.87. The minimum Gasteiger partial charge on any atom is -0.465 e. The van der Waals surface area contributed by atoms with Crippen LogP contribution in [0.2, 0.25) is 0 Å². The molecule has 1 aliphatic carbocycles. The number of rotatable bonds is 5. The second-order valence-electron chi connectivity index (χ2n) is 6.05. The first-order valence-corrected chi connectivity index (χ1v) is 6.96. The molecular formula is C14H28N2O2. The van der Waals surface area contributed by atoms with Crippen LogP contribution >= 0.6 is 0 Å². The van der Waals surface area contributed by atoms with Gasteiger partial charge in [0.05, 0.1) is 6.61 Å². The third-order valence-electron chi connectivity index (χ3n) is 4.57. The number of hydrogen-bond donors (Lipinski definition) is 1. The van der Waals surface area contributed by atoms with Gasteiger partial charge in [-0.25, -0.2) is 0 Å². The highest BCUT2D eigenvalue weighted by atomic mass is 16.5. The number of nitrogens with zero attached hydrogens (tertiary/aromatic N) is 1. The first kappa shape index (κ1) is 15.4. The molecular weight excluding hydrogens is 228 g/mol. The van der Waals surface area contributed by atoms with E-state index < -0.39 is 5.54 Å². The summed E-state index contributed by atoms with van der Waals surface area (Å²) in [5.74, 6) is -0.241. The SMILES string of the molecule is CCOC(=O)C1(N)CCC(N(C)C(C)(C)CC)C1. The predicted octanol–water partition coefficient (Wildman–Crippen LogP) is 1.92. The Labute approximate surface area is 111 Å². The lowest BCUT2D eigenvalue weighted by molar-refractivity contribution is -0.149. The van der Waals surface area contributed by atoms with E-state index in [9.17, 15) is 4.79 Å². The standard InChI is InChI=1S/C14H28N2O2/c1-6-13(3,4)16(5)11-8-9-14(15,10-11)12(17)18-7-2/h11H,6-10,15H2,1-5H3. The van der Waals surface area contributed by atoms with Crippen molar-refractivity contribution in [3.8, 4) is 0 Å². The summed E-state index contributed by atoms with van der Waals surface area (Å²) in [5, 5.41) is 0. The molecule has 18 heavy (non-hydrogen) atoms. The molecule has 4 heteroatoms. The number of ether oxygens (including phenoxy) is 1. The molecule has 1 fully saturated rings. The molecule has 4 nitrogen and oxygen atoms in total. The van der Waals surface area contributed by atoms with E-state index in [2.05, 4.69) is 32.7 Å². The van der Waals surface area contributed by atoms with Gasteiger partial charge in [0.15, 0.2) is 0 Å². The summed E-state index contributed by atoms with van der Waals surface area (Å²) >= 11 is 0. The Morgan fingerprint density at radius 2 is 2.11 bits per heavy atom. The van der Waals surface area contributed by atoms with Crippen molar-refractivity contribution in [3.05, 3.63) is 0 Å². The second-order valence-corrected chi connectivity index (χ2v) is 6.05. The molecule has 2 atom stereocenters. The van der Waals surface area contributed by atoms with Crippen LogP contribution in [0.15, 0.2) is 0 Å². The van der Waals surface area contributed by atoms with Crippen LogP contribution in [-0.4, -0.2) is 41.6 Å². The fourth-order valence-corrected chi connectivity index (χ4v) is 2.58. The zero-order valence-corrected chi connectivity index (χ0v) is 12.5. The third kappa shape index (κ3) is 3.04. The van der Waals surface area contributed by atoms with E-state index in [0.29, 0.717) is 19.1 Å². The van der Waals surface area contributed by atoms with Gasteiger partial charge in [-0.2, -0.15) is 0 Å². The van der Waals surface area contributed by atoms with Gasteiger partial charge < -0.3 is 10.5 Å². The van der Waals surface area contributed by atoms with Crippen LogP contribution in [0.5, 0.6) is 0 Å². The van der Waals surface area contributed by atoms with E-state index in [1.54, 1.807) is 0 Å². The van der Waals surface area contributed by atoms with Crippen LogP contribution in [0.1, 0.15) is 53.4 Å². The fourth-order valence-electron chi connectivity index (χ4n) is 2.58. The maximum absolute atomic E-state index is 11.9. The zero-order chi connectivity index (χ0) is 14.0. The van der Waals surface area contributed by atoms with Gasteiger partial charge in [0.1, 0.15) is 5.54 Å². The highest BCUT2D eigenvalue weighted by molar-refractivity contribution is 5.81. The predicted molar refractivity (Wildman–Crippen MR) is 73.3 cm³/mol. The van der Waals surface area contributed by atoms with Crippen LogP contribution in [0.3, 0.4) is 0 Å². The Morgan fingerprint density at radius 1 is 1.50 bits per heavy atom. The molecule has 0 aliphatic heterocycles. The highest BCUT2D eigenvalue weighted by Gasteiger charge is 2.46. The molecule has 2 N–H and O–H groups in total. The monoisotopic (exact) mass is 256 g/mol. The quantitative estimate of drug-likeness (QED) is 0.764. The van der Waals surface area contributed by atoms with Gasteiger partial charge in [-0.15, -0.1) is 0 Å². The average molecular weight is 256 g/mol. The Morgan fingerprint density at radius 3 is 2.61 bits per heavy atom. The maximum Gasteiger partial charge on any atom is 0.326 e. The number of carbonyl (C=O) groups is 1. The van der Waals surface area contributed by atoms with Crippen molar-refractivity contribution in [2.24, 2.45) is 5.73 Å². The van der Waals surface area contributed by atoms with E-state index in [1.165, 1.54) is 0 Å². The van der Waals surface area contributed by atoms with E-state index in [1.807, 2.05) is 6.92 Å². The van der Waals surface area contributed by atoms with E-state index in [0.717, 1.165) is 19.3 Å². The van der Waals surface area contributed by atoms with Gasteiger partial charge in [-0.1, -0.05) is 6.92 Å². The summed E-state index contributed by atoms with van der Waals surface area (Å²) in [7, 11) is 2.13. The second kappa shape index (κ2) is 5.57. The number of esters is 1. The first-order valence-electron chi connectivity index (χ1n) is 6.96. The Hall–Kier alpha value is -0.610. The lowest BCUT2D eigenvalue weighted by Gasteiger charge is -2.39. The fraction of sp³-hybridized carbons (Fsp3) is 0.929. The topological polar surface area (TPSA) is 55.6 Å². The largest absolute Gasteiger partial charge is 0.465 e. The molecule has 0 aromatic heterocycles. The van der Waals surface area contributed by atoms with E-state index in [-0.39, 0.29) is 11.5 Å². The molecule has 0 radical (unpaired) electrons. The van der Waals surface area contributed by atoms with Crippen molar-refractivity contribution in [1.82, 2.24) is 4.90 Å². The molecule has 1 saturated carbocycles. The lowest BCUT2D eigenvalue weighted by atomic mass is 9.95. The summed E-state index contributed by atoms with van der Waals surface area (Å²) in [6, 6.07) is 0.370. The Balaban J connectivity index is 2.68. The summed E-state index contributed by atoms with van der Waals surface area (Å²) in [4.78, 5) is 14.3. The molecule has 0 saturated heterocycles. The molecule has 0 bridgehead atoms. The molecule has 0 spiro atoms. The normalized spacial score (nSPS) is 28.7. The van der Waals surface area contributed by atoms with Crippen molar-refractivity contribution in [2.75, 3.05) is 13.7 Å². The summed E-state index contributed by atoms with van der Waals surface area (Å²) < 4.78 is 5.09. The number of nitrogens with two attached hydrogens (primary N) is 1. The molecule has 0 aromatic carbocycles. The maximum atomic E-state index is 11.9. The zero-order valence-electron chi connectivity index (χ0n) is 12.5. The Kier molecular flexibility index (Phi) is 4.78. The van der Waals surface area contributed by atoms with Crippen molar-refractivity contribution in [2.45, 2.75) is 70.5 Å². The molecule has 0 heterocycles. The smallest absolute Gasteiger partial charge is 0.326 e. The van der Waals surface area contributed by atoms with Gasteiger partial charge in [0.2, 0.25) is 0 Å². The molecule has 0 amide bonds. The van der Waals surface area contributed by atoms with Gasteiger partial charge in [-0.3, -0.25) is 9.69 Å². The van der Waals surface area contributed by atoms with E-state index in [4.69, 9.17) is 10.5 Å². The van der Waals surface area contributed by atoms with Gasteiger partial charge in [0.25, 0.3) is 0 Å². The summed E-state index contributed by atoms with van der Waals surface area (Å²) in [5.41, 5.74) is 5.56. The summed E-state index contributed by atoms with van der Waals surface area (Å²) in [6.07, 6.45) is 3.47. The number of carbonyl (C=O) groups excluding carboxylic acids is 1. The lowest BCUT2D eigenvalue weighted by Crippen LogP contribution is -2.51. The van der Waals surface area contributed by atoms with Gasteiger partial charge in [-0.05, 0) is 53.5 Å². The van der Waals surface area contributed by atoms with Crippen LogP contribution in [-0.2, 0) is 9.53 Å². The number of hydrogen-bond acceptors (Lipinski definition) is 4. The average Bonchev–Trinajstić information content (AvgIpc) is 2.72. The Bertz CT molecular complexity index is 304. The van der Waals surface area contributed by atoms with Crippen molar-refractivity contribution >= 4 is 5.97 Å². The highest BCUT2D eigenvalue weighted by Crippen LogP contribution is 2.35. The van der Waals surface area contributed by atoms with Gasteiger partial charge in [0, 0.05) is 11.6 Å². The molecule has 1 rings (SSSR count). The third-order valence-corrected chi connectivity index (χ3v) is 4.57. The van der Waals surface area contributed by atoms with Crippen LogP contribution < -0.4 is 5.73 Å². The van der Waals surface area contributed by atoms with Crippen molar-refractivity contribution < 1.29 is 9.53 Å². The van der Waals surface area contributed by atoms with E-state index >= 15 is 0 Å². The molecule has 106 valence electrons. The molecule has 2 unspecified atom stereocenters. The molecule has 0 aromatic rings. The van der Waals surface area contributed by atoms with Crippen LogP contribution in [0, 0.1) is 0 Å². The van der Waals surface area contributed by atoms with Crippen LogP contribution in [0.25, 0.3) is 0 Å². The first-order chi connectivity index (χ1) is 8.27. The molecule has 1 aliphatic rings. The van der Waals surface area contributed by atoms with Crippen molar-refractivity contribution in [1.29, 1.82) is 0 Å². The van der Waals surface area contributed by atoms with Crippen molar-refractivity contribution in [3.63, 3.8) is 0 Å². The van der Waals surface area contributed by atoms with Gasteiger partial charge >= 0.3 is 5.97 Å². The minimum absolute atomic E-state index is 0.143.